The quantitative estimate of drug-likeness (QED) is 0.690. The minimum atomic E-state index is -3.41. The molecule has 0 aliphatic heterocycles. The molecule has 136 valence electrons. The highest BCUT2D eigenvalue weighted by molar-refractivity contribution is 7.88. The van der Waals surface area contributed by atoms with Crippen LogP contribution in [0.4, 0.5) is 0 Å². The maximum atomic E-state index is 12.2. The van der Waals surface area contributed by atoms with E-state index in [4.69, 9.17) is 4.42 Å². The molecule has 0 amide bonds. The summed E-state index contributed by atoms with van der Waals surface area (Å²) in [7, 11) is -3.41. The van der Waals surface area contributed by atoms with Crippen molar-refractivity contribution in [2.45, 2.75) is 26.0 Å². The lowest BCUT2D eigenvalue weighted by molar-refractivity contribution is 0.502. The fourth-order valence-corrected chi connectivity index (χ4v) is 3.77. The van der Waals surface area contributed by atoms with Gasteiger partial charge in [-0.15, -0.1) is 10.2 Å². The Kier molecular flexibility index (Phi) is 5.49. The number of nitrogens with one attached hydrogen (secondary N) is 1. The average Bonchev–Trinajstić information content (AvgIpc) is 3.03. The Bertz CT molecular complexity index is 997. The highest BCUT2D eigenvalue weighted by Gasteiger charge is 2.13. The molecule has 0 aliphatic rings. The molecule has 3 rings (SSSR count). The number of benzene rings is 2. The first kappa shape index (κ1) is 18.3. The van der Waals surface area contributed by atoms with E-state index in [0.29, 0.717) is 18.2 Å². The van der Waals surface area contributed by atoms with Crippen LogP contribution in [0.5, 0.6) is 0 Å². The minimum absolute atomic E-state index is 0.0486. The van der Waals surface area contributed by atoms with Gasteiger partial charge in [-0.2, -0.15) is 0 Å². The Morgan fingerprint density at radius 2 is 1.73 bits per heavy atom. The zero-order valence-electron chi connectivity index (χ0n) is 14.8. The molecule has 1 N–H and O–H groups in total. The molecule has 0 aliphatic carbocycles. The molecule has 0 bridgehead atoms. The monoisotopic (exact) mass is 371 g/mol. The Hall–Kier alpha value is -2.51. The summed E-state index contributed by atoms with van der Waals surface area (Å²) in [5, 5.41) is 8.01. The summed E-state index contributed by atoms with van der Waals surface area (Å²) in [6, 6.07) is 15.2. The molecule has 7 heteroatoms. The molecule has 0 spiro atoms. The standard InChI is InChI=1S/C19H21N3O3S/c1-14-5-3-7-16(11-14)13-26(23,24)20-10-9-18-21-22-19(25-18)17-8-4-6-15(2)12-17/h3-8,11-12,20H,9-10,13H2,1-2H3. The van der Waals surface area contributed by atoms with E-state index in [-0.39, 0.29) is 12.3 Å². The van der Waals surface area contributed by atoms with E-state index in [2.05, 4.69) is 14.9 Å². The van der Waals surface area contributed by atoms with Gasteiger partial charge in [0.2, 0.25) is 21.8 Å². The predicted octanol–water partition coefficient (Wildman–Crippen LogP) is 3.02. The Morgan fingerprint density at radius 1 is 1.00 bits per heavy atom. The molecule has 3 aromatic rings. The molecular formula is C19H21N3O3S. The average molecular weight is 371 g/mol. The molecule has 0 atom stereocenters. The van der Waals surface area contributed by atoms with Gasteiger partial charge in [0, 0.05) is 18.5 Å². The van der Waals surface area contributed by atoms with Gasteiger partial charge in [0.25, 0.3) is 0 Å². The van der Waals surface area contributed by atoms with Crippen molar-refractivity contribution in [2.24, 2.45) is 0 Å². The summed E-state index contributed by atoms with van der Waals surface area (Å²) in [4.78, 5) is 0. The van der Waals surface area contributed by atoms with Gasteiger partial charge in [-0.05, 0) is 31.5 Å². The molecule has 0 fully saturated rings. The fourth-order valence-electron chi connectivity index (χ4n) is 2.64. The topological polar surface area (TPSA) is 85.1 Å². The number of sulfonamides is 1. The number of rotatable bonds is 7. The number of aryl methyl sites for hydroxylation is 2. The molecule has 0 unspecified atom stereocenters. The summed E-state index contributed by atoms with van der Waals surface area (Å²) in [6.45, 7) is 4.14. The van der Waals surface area contributed by atoms with Crippen LogP contribution in [0.3, 0.4) is 0 Å². The molecule has 0 saturated heterocycles. The van der Waals surface area contributed by atoms with Crippen LogP contribution in [0.25, 0.3) is 11.5 Å². The summed E-state index contributed by atoms with van der Waals surface area (Å²) < 4.78 is 32.6. The summed E-state index contributed by atoms with van der Waals surface area (Å²) in [5.74, 6) is 0.790. The minimum Gasteiger partial charge on any atom is -0.421 e. The maximum absolute atomic E-state index is 12.2. The van der Waals surface area contributed by atoms with E-state index in [1.807, 2.05) is 56.3 Å². The van der Waals surface area contributed by atoms with Gasteiger partial charge in [-0.3, -0.25) is 0 Å². The third-order valence-electron chi connectivity index (χ3n) is 3.83. The smallest absolute Gasteiger partial charge is 0.247 e. The summed E-state index contributed by atoms with van der Waals surface area (Å²) in [5.41, 5.74) is 3.75. The maximum Gasteiger partial charge on any atom is 0.247 e. The molecule has 0 radical (unpaired) electrons. The van der Waals surface area contributed by atoms with Gasteiger partial charge in [0.15, 0.2) is 0 Å². The van der Waals surface area contributed by atoms with E-state index in [0.717, 1.165) is 22.3 Å². The van der Waals surface area contributed by atoms with Crippen LogP contribution in [0.2, 0.25) is 0 Å². The van der Waals surface area contributed by atoms with Crippen LogP contribution in [0.1, 0.15) is 22.6 Å². The Balaban J connectivity index is 1.56. The van der Waals surface area contributed by atoms with Crippen LogP contribution in [-0.2, 0) is 22.2 Å². The molecule has 1 aromatic heterocycles. The van der Waals surface area contributed by atoms with E-state index in [9.17, 15) is 8.42 Å². The van der Waals surface area contributed by atoms with Crippen molar-refractivity contribution in [2.75, 3.05) is 6.54 Å². The van der Waals surface area contributed by atoms with Crippen LogP contribution >= 0.6 is 0 Å². The van der Waals surface area contributed by atoms with Crippen LogP contribution in [0.15, 0.2) is 52.9 Å². The van der Waals surface area contributed by atoms with Crippen molar-refractivity contribution in [3.8, 4) is 11.5 Å². The highest BCUT2D eigenvalue weighted by atomic mass is 32.2. The van der Waals surface area contributed by atoms with E-state index in [1.165, 1.54) is 0 Å². The van der Waals surface area contributed by atoms with Crippen molar-refractivity contribution in [3.63, 3.8) is 0 Å². The van der Waals surface area contributed by atoms with Crippen molar-refractivity contribution >= 4 is 10.0 Å². The third-order valence-corrected chi connectivity index (χ3v) is 5.19. The van der Waals surface area contributed by atoms with Crippen molar-refractivity contribution < 1.29 is 12.8 Å². The zero-order chi connectivity index (χ0) is 18.6. The highest BCUT2D eigenvalue weighted by Crippen LogP contribution is 2.18. The first-order chi connectivity index (χ1) is 12.4. The summed E-state index contributed by atoms with van der Waals surface area (Å²) >= 11 is 0. The first-order valence-corrected chi connectivity index (χ1v) is 9.99. The molecule has 6 nitrogen and oxygen atoms in total. The second-order valence-corrected chi connectivity index (χ2v) is 8.07. The number of hydrogen-bond donors (Lipinski definition) is 1. The van der Waals surface area contributed by atoms with Crippen molar-refractivity contribution in [3.05, 3.63) is 71.1 Å². The SMILES string of the molecule is Cc1cccc(CS(=O)(=O)NCCc2nnc(-c3cccc(C)c3)o2)c1. The van der Waals surface area contributed by atoms with Crippen LogP contribution < -0.4 is 4.72 Å². The molecule has 26 heavy (non-hydrogen) atoms. The van der Waals surface area contributed by atoms with E-state index in [1.54, 1.807) is 6.07 Å². The lowest BCUT2D eigenvalue weighted by Gasteiger charge is -2.06. The molecule has 1 heterocycles. The lowest BCUT2D eigenvalue weighted by Crippen LogP contribution is -2.27. The second-order valence-electron chi connectivity index (χ2n) is 6.26. The van der Waals surface area contributed by atoms with Gasteiger partial charge < -0.3 is 4.42 Å². The number of hydrogen-bond acceptors (Lipinski definition) is 5. The third kappa shape index (κ3) is 5.00. The largest absolute Gasteiger partial charge is 0.421 e. The van der Waals surface area contributed by atoms with Crippen LogP contribution in [0, 0.1) is 13.8 Å². The van der Waals surface area contributed by atoms with Gasteiger partial charge in [-0.1, -0.05) is 47.5 Å². The summed E-state index contributed by atoms with van der Waals surface area (Å²) in [6.07, 6.45) is 0.339. The number of nitrogens with zero attached hydrogens (tertiary/aromatic N) is 2. The van der Waals surface area contributed by atoms with Crippen LogP contribution in [-0.4, -0.2) is 25.2 Å². The van der Waals surface area contributed by atoms with Gasteiger partial charge in [-0.25, -0.2) is 13.1 Å². The van der Waals surface area contributed by atoms with Crippen molar-refractivity contribution in [1.82, 2.24) is 14.9 Å². The van der Waals surface area contributed by atoms with Gasteiger partial charge in [0.1, 0.15) is 0 Å². The number of aromatic nitrogens is 2. The second kappa shape index (κ2) is 7.80. The predicted molar refractivity (Wildman–Crippen MR) is 100.0 cm³/mol. The first-order valence-electron chi connectivity index (χ1n) is 8.33. The zero-order valence-corrected chi connectivity index (χ0v) is 15.6. The fraction of sp³-hybridized carbons (Fsp3) is 0.263. The van der Waals surface area contributed by atoms with Crippen molar-refractivity contribution in [1.29, 1.82) is 0 Å². The van der Waals surface area contributed by atoms with E-state index >= 15 is 0 Å². The normalized spacial score (nSPS) is 11.6. The molecular weight excluding hydrogens is 350 g/mol. The van der Waals surface area contributed by atoms with E-state index < -0.39 is 10.0 Å². The lowest BCUT2D eigenvalue weighted by atomic mass is 10.1. The Morgan fingerprint density at radius 3 is 2.46 bits per heavy atom. The van der Waals surface area contributed by atoms with Gasteiger partial charge in [0.05, 0.1) is 5.75 Å². The molecule has 2 aromatic carbocycles. The molecule has 0 saturated carbocycles. The Labute approximate surface area is 153 Å². The van der Waals surface area contributed by atoms with Gasteiger partial charge >= 0.3 is 0 Å².